The number of hydrogen-bond donors (Lipinski definition) is 2. The quantitative estimate of drug-likeness (QED) is 0.833. The molecule has 2 N–H and O–H groups in total. The van der Waals surface area contributed by atoms with Crippen LogP contribution >= 0.6 is 0 Å². The highest BCUT2D eigenvalue weighted by Crippen LogP contribution is 2.28. The zero-order chi connectivity index (χ0) is 12.8. The predicted octanol–water partition coefficient (Wildman–Crippen LogP) is 3.60. The monoisotopic (exact) mass is 247 g/mol. The van der Waals surface area contributed by atoms with Crippen LogP contribution < -0.4 is 5.32 Å². The van der Waals surface area contributed by atoms with E-state index in [2.05, 4.69) is 36.5 Å². The van der Waals surface area contributed by atoms with Gasteiger partial charge in [0.15, 0.2) is 0 Å². The van der Waals surface area contributed by atoms with E-state index in [-0.39, 0.29) is 6.61 Å². The van der Waals surface area contributed by atoms with E-state index >= 15 is 0 Å². The average molecular weight is 247 g/mol. The fraction of sp³-hybridized carbons (Fsp3) is 0.625. The van der Waals surface area contributed by atoms with E-state index in [0.717, 1.165) is 12.3 Å². The van der Waals surface area contributed by atoms with Crippen molar-refractivity contribution in [3.8, 4) is 0 Å². The molecular formula is C16H25NO. The molecule has 2 rings (SSSR count). The first-order valence-electron chi connectivity index (χ1n) is 7.28. The normalized spacial score (nSPS) is 23.9. The molecule has 1 fully saturated rings. The lowest BCUT2D eigenvalue weighted by molar-refractivity contribution is 0.299. The molecule has 0 radical (unpaired) electrons. The van der Waals surface area contributed by atoms with Gasteiger partial charge in [0.05, 0.1) is 0 Å². The van der Waals surface area contributed by atoms with Crippen LogP contribution in [0.4, 0.5) is 5.69 Å². The van der Waals surface area contributed by atoms with Crippen LogP contribution in [0.15, 0.2) is 24.3 Å². The summed E-state index contributed by atoms with van der Waals surface area (Å²) in [7, 11) is 0. The molecule has 0 heterocycles. The fourth-order valence-electron chi connectivity index (χ4n) is 2.93. The van der Waals surface area contributed by atoms with Gasteiger partial charge in [0.1, 0.15) is 0 Å². The molecule has 2 nitrogen and oxygen atoms in total. The van der Waals surface area contributed by atoms with Gasteiger partial charge in [-0.15, -0.1) is 0 Å². The van der Waals surface area contributed by atoms with E-state index in [1.54, 1.807) is 0 Å². The summed E-state index contributed by atoms with van der Waals surface area (Å²) in [5.74, 6) is 0.907. The molecule has 1 saturated carbocycles. The van der Waals surface area contributed by atoms with Gasteiger partial charge >= 0.3 is 0 Å². The molecular weight excluding hydrogens is 222 g/mol. The van der Waals surface area contributed by atoms with E-state index in [1.165, 1.54) is 43.4 Å². The molecule has 1 aliphatic carbocycles. The highest BCUT2D eigenvalue weighted by molar-refractivity contribution is 5.45. The van der Waals surface area contributed by atoms with Gasteiger partial charge in [0, 0.05) is 18.3 Å². The zero-order valence-electron chi connectivity index (χ0n) is 11.4. The third-order valence-corrected chi connectivity index (χ3v) is 4.09. The van der Waals surface area contributed by atoms with Crippen molar-refractivity contribution < 1.29 is 5.11 Å². The van der Waals surface area contributed by atoms with Crippen molar-refractivity contribution in [2.75, 3.05) is 11.9 Å². The maximum absolute atomic E-state index is 8.89. The van der Waals surface area contributed by atoms with Gasteiger partial charge in [-0.1, -0.05) is 38.3 Å². The molecule has 1 aromatic carbocycles. The minimum Gasteiger partial charge on any atom is -0.396 e. The Hall–Kier alpha value is -1.02. The summed E-state index contributed by atoms with van der Waals surface area (Å²) in [6.07, 6.45) is 7.45. The number of aliphatic hydroxyl groups excluding tert-OH is 1. The third kappa shape index (κ3) is 3.74. The number of rotatable bonds is 5. The number of aliphatic hydroxyl groups is 1. The summed E-state index contributed by atoms with van der Waals surface area (Å²) in [6.45, 7) is 2.53. The first kappa shape index (κ1) is 13.4. The molecule has 0 amide bonds. The minimum atomic E-state index is 0.230. The second-order valence-corrected chi connectivity index (χ2v) is 5.45. The summed E-state index contributed by atoms with van der Waals surface area (Å²) < 4.78 is 0. The molecule has 1 aromatic rings. The number of nitrogens with one attached hydrogen (secondary N) is 1. The third-order valence-electron chi connectivity index (χ3n) is 4.09. The average Bonchev–Trinajstić information content (AvgIpc) is 2.42. The molecule has 0 saturated heterocycles. The van der Waals surface area contributed by atoms with Gasteiger partial charge < -0.3 is 10.4 Å². The smallest absolute Gasteiger partial charge is 0.0471 e. The van der Waals surface area contributed by atoms with Crippen LogP contribution in [0.25, 0.3) is 0 Å². The number of benzene rings is 1. The molecule has 18 heavy (non-hydrogen) atoms. The fourth-order valence-corrected chi connectivity index (χ4v) is 2.93. The SMILES string of the molecule is CCC1CCCC(Nc2ccc(CCO)cc2)C1. The molecule has 0 spiro atoms. The van der Waals surface area contributed by atoms with E-state index in [9.17, 15) is 0 Å². The van der Waals surface area contributed by atoms with Gasteiger partial charge in [-0.3, -0.25) is 0 Å². The summed E-state index contributed by atoms with van der Waals surface area (Å²) in [4.78, 5) is 0. The molecule has 2 atom stereocenters. The molecule has 100 valence electrons. The molecule has 0 bridgehead atoms. The Morgan fingerprint density at radius 2 is 2.00 bits per heavy atom. The zero-order valence-corrected chi connectivity index (χ0v) is 11.4. The second kappa shape index (κ2) is 6.79. The topological polar surface area (TPSA) is 32.3 Å². The van der Waals surface area contributed by atoms with E-state index in [0.29, 0.717) is 6.04 Å². The van der Waals surface area contributed by atoms with Crippen molar-refractivity contribution in [2.45, 2.75) is 51.5 Å². The van der Waals surface area contributed by atoms with E-state index < -0.39 is 0 Å². The van der Waals surface area contributed by atoms with E-state index in [1.807, 2.05) is 0 Å². The van der Waals surface area contributed by atoms with Crippen LogP contribution in [0.2, 0.25) is 0 Å². The summed E-state index contributed by atoms with van der Waals surface area (Å²) in [5, 5.41) is 12.5. The van der Waals surface area contributed by atoms with Gasteiger partial charge in [0.25, 0.3) is 0 Å². The van der Waals surface area contributed by atoms with Gasteiger partial charge in [-0.05, 0) is 42.9 Å². The highest BCUT2D eigenvalue weighted by Gasteiger charge is 2.20. The van der Waals surface area contributed by atoms with Crippen molar-refractivity contribution in [3.63, 3.8) is 0 Å². The Kier molecular flexibility index (Phi) is 5.06. The van der Waals surface area contributed by atoms with Crippen LogP contribution in [0, 0.1) is 5.92 Å². The van der Waals surface area contributed by atoms with Crippen molar-refractivity contribution in [2.24, 2.45) is 5.92 Å². The Balaban J connectivity index is 1.88. The maximum atomic E-state index is 8.89. The highest BCUT2D eigenvalue weighted by atomic mass is 16.2. The summed E-state index contributed by atoms with van der Waals surface area (Å²) in [6, 6.07) is 9.14. The Morgan fingerprint density at radius 1 is 1.22 bits per heavy atom. The first-order chi connectivity index (χ1) is 8.81. The maximum Gasteiger partial charge on any atom is 0.0471 e. The molecule has 0 aromatic heterocycles. The molecule has 2 unspecified atom stereocenters. The van der Waals surface area contributed by atoms with Crippen LogP contribution in [-0.4, -0.2) is 17.8 Å². The summed E-state index contributed by atoms with van der Waals surface area (Å²) in [5.41, 5.74) is 2.43. The number of anilines is 1. The van der Waals surface area contributed by atoms with Gasteiger partial charge in [-0.2, -0.15) is 0 Å². The van der Waals surface area contributed by atoms with Crippen LogP contribution in [0.1, 0.15) is 44.6 Å². The predicted molar refractivity (Wildman–Crippen MR) is 76.9 cm³/mol. The standard InChI is InChI=1S/C16H25NO/c1-2-13-4-3-5-16(12-13)17-15-8-6-14(7-9-15)10-11-18/h6-9,13,16-18H,2-5,10-12H2,1H3. The molecule has 1 aliphatic rings. The van der Waals surface area contributed by atoms with Crippen molar-refractivity contribution >= 4 is 5.69 Å². The minimum absolute atomic E-state index is 0.230. The van der Waals surface area contributed by atoms with Crippen molar-refractivity contribution in [1.82, 2.24) is 0 Å². The van der Waals surface area contributed by atoms with Crippen molar-refractivity contribution in [3.05, 3.63) is 29.8 Å². The number of hydrogen-bond acceptors (Lipinski definition) is 2. The van der Waals surface area contributed by atoms with Gasteiger partial charge in [0.2, 0.25) is 0 Å². The lowest BCUT2D eigenvalue weighted by Gasteiger charge is -2.29. The first-order valence-corrected chi connectivity index (χ1v) is 7.28. The Morgan fingerprint density at radius 3 is 2.67 bits per heavy atom. The van der Waals surface area contributed by atoms with Crippen LogP contribution in [-0.2, 0) is 6.42 Å². The van der Waals surface area contributed by atoms with Crippen molar-refractivity contribution in [1.29, 1.82) is 0 Å². The lowest BCUT2D eigenvalue weighted by atomic mass is 9.84. The van der Waals surface area contributed by atoms with Gasteiger partial charge in [-0.25, -0.2) is 0 Å². The molecule has 0 aliphatic heterocycles. The lowest BCUT2D eigenvalue weighted by Crippen LogP contribution is -2.27. The Labute approximate surface area is 110 Å². The van der Waals surface area contributed by atoms with Crippen LogP contribution in [0.3, 0.4) is 0 Å². The second-order valence-electron chi connectivity index (χ2n) is 5.45. The Bertz CT molecular complexity index is 347. The largest absolute Gasteiger partial charge is 0.396 e. The molecule has 2 heteroatoms. The van der Waals surface area contributed by atoms with Crippen LogP contribution in [0.5, 0.6) is 0 Å². The van der Waals surface area contributed by atoms with E-state index in [4.69, 9.17) is 5.11 Å². The summed E-state index contributed by atoms with van der Waals surface area (Å²) >= 11 is 0.